The molecule has 2 N–H and O–H groups in total. The molecule has 1 aliphatic rings. The lowest BCUT2D eigenvalue weighted by Crippen LogP contribution is -2.58. The number of hydrogen-bond acceptors (Lipinski definition) is 4. The summed E-state index contributed by atoms with van der Waals surface area (Å²) in [7, 11) is 0. The average molecular weight is 289 g/mol. The molecule has 2 atom stereocenters. The van der Waals surface area contributed by atoms with Crippen molar-refractivity contribution in [3.05, 3.63) is 24.4 Å². The van der Waals surface area contributed by atoms with Crippen LogP contribution >= 0.6 is 0 Å². The second-order valence-corrected chi connectivity index (χ2v) is 4.40. The second kappa shape index (κ2) is 5.66. The molecule has 8 heteroatoms. The molecule has 1 amide bonds. The van der Waals surface area contributed by atoms with E-state index in [0.29, 0.717) is 18.8 Å². The van der Waals surface area contributed by atoms with Crippen LogP contribution in [0.2, 0.25) is 0 Å². The number of anilines is 1. The molecule has 0 radical (unpaired) electrons. The minimum absolute atomic E-state index is 0.0338. The van der Waals surface area contributed by atoms with Gasteiger partial charge in [0.25, 0.3) is 18.7 Å². The fraction of sp³-hybridized carbons (Fsp3) is 0.500. The zero-order valence-corrected chi connectivity index (χ0v) is 10.5. The van der Waals surface area contributed by atoms with Gasteiger partial charge in [-0.2, -0.15) is 0 Å². The van der Waals surface area contributed by atoms with Gasteiger partial charge in [0, 0.05) is 19.2 Å². The van der Waals surface area contributed by atoms with E-state index in [1.807, 2.05) is 0 Å². The first-order chi connectivity index (χ1) is 9.47. The van der Waals surface area contributed by atoms with Crippen molar-refractivity contribution in [1.29, 1.82) is 0 Å². The average Bonchev–Trinajstić information content (AvgIpc) is 2.84. The largest absolute Gasteiger partial charge is 0.365 e. The van der Waals surface area contributed by atoms with Crippen LogP contribution in [0.15, 0.2) is 24.4 Å². The Morgan fingerprint density at radius 3 is 2.75 bits per heavy atom. The summed E-state index contributed by atoms with van der Waals surface area (Å²) in [6.07, 6.45) is -4.27. The third-order valence-corrected chi connectivity index (χ3v) is 3.15. The molecule has 1 fully saturated rings. The quantitative estimate of drug-likeness (QED) is 0.890. The van der Waals surface area contributed by atoms with E-state index in [1.165, 1.54) is 11.1 Å². The summed E-state index contributed by atoms with van der Waals surface area (Å²) in [5, 5.41) is 0. The van der Waals surface area contributed by atoms with Crippen molar-refractivity contribution in [2.75, 3.05) is 11.4 Å². The van der Waals surface area contributed by atoms with Crippen molar-refractivity contribution in [2.45, 2.75) is 31.3 Å². The number of carbonyl (C=O) groups excluding carboxylic acids is 1. The van der Waals surface area contributed by atoms with Crippen LogP contribution in [0.1, 0.15) is 12.8 Å². The van der Waals surface area contributed by atoms with Gasteiger partial charge in [0.05, 0.1) is 0 Å². The van der Waals surface area contributed by atoms with Crippen molar-refractivity contribution < 1.29 is 22.7 Å². The molecule has 1 saturated heterocycles. The van der Waals surface area contributed by atoms with Gasteiger partial charge in [0.15, 0.2) is 0 Å². The third kappa shape index (κ3) is 2.55. The molecule has 0 aliphatic carbocycles. The van der Waals surface area contributed by atoms with Gasteiger partial charge < -0.3 is 15.4 Å². The van der Waals surface area contributed by atoms with Crippen molar-refractivity contribution in [3.63, 3.8) is 0 Å². The van der Waals surface area contributed by atoms with Crippen LogP contribution in [0.25, 0.3) is 0 Å². The van der Waals surface area contributed by atoms with Crippen LogP contribution in [0, 0.1) is 0 Å². The molecule has 0 aromatic carbocycles. The van der Waals surface area contributed by atoms with E-state index in [1.54, 1.807) is 18.2 Å². The van der Waals surface area contributed by atoms with Gasteiger partial charge in [-0.25, -0.2) is 18.2 Å². The van der Waals surface area contributed by atoms with Crippen LogP contribution in [0.4, 0.5) is 19.0 Å². The molecule has 0 bridgehead atoms. The number of nitrogens with zero attached hydrogens (tertiary/aromatic N) is 2. The lowest BCUT2D eigenvalue weighted by molar-refractivity contribution is -0.198. The number of halogens is 3. The number of nitrogens with two attached hydrogens (primary N) is 1. The Bertz CT molecular complexity index is 474. The van der Waals surface area contributed by atoms with E-state index in [4.69, 9.17) is 5.73 Å². The van der Waals surface area contributed by atoms with Gasteiger partial charge in [0.2, 0.25) is 5.72 Å². The van der Waals surface area contributed by atoms with Crippen molar-refractivity contribution >= 4 is 11.7 Å². The van der Waals surface area contributed by atoms with E-state index >= 15 is 0 Å². The first-order valence-corrected chi connectivity index (χ1v) is 6.06. The number of rotatable bonds is 5. The maximum Gasteiger partial charge on any atom is 0.293 e. The second-order valence-electron chi connectivity index (χ2n) is 4.40. The molecule has 1 aromatic heterocycles. The predicted octanol–water partition coefficient (Wildman–Crippen LogP) is 1.44. The van der Waals surface area contributed by atoms with E-state index in [0.717, 1.165) is 0 Å². The smallest absolute Gasteiger partial charge is 0.293 e. The van der Waals surface area contributed by atoms with Gasteiger partial charge in [-0.05, 0) is 18.6 Å². The summed E-state index contributed by atoms with van der Waals surface area (Å²) < 4.78 is 42.6. The highest BCUT2D eigenvalue weighted by molar-refractivity contribution is 5.87. The van der Waals surface area contributed by atoms with E-state index < -0.39 is 24.4 Å². The summed E-state index contributed by atoms with van der Waals surface area (Å²) >= 11 is 0. The number of amides is 1. The Morgan fingerprint density at radius 1 is 1.45 bits per heavy atom. The van der Waals surface area contributed by atoms with E-state index in [9.17, 15) is 18.0 Å². The lowest BCUT2D eigenvalue weighted by atomic mass is 10.1. The van der Waals surface area contributed by atoms with Crippen molar-refractivity contribution in [1.82, 2.24) is 4.98 Å². The molecule has 5 nitrogen and oxygen atoms in total. The number of hydrogen-bond donors (Lipinski definition) is 1. The Labute approximate surface area is 113 Å². The first-order valence-electron chi connectivity index (χ1n) is 6.06. The van der Waals surface area contributed by atoms with Crippen LogP contribution in [0.3, 0.4) is 0 Å². The van der Waals surface area contributed by atoms with Crippen molar-refractivity contribution in [3.8, 4) is 0 Å². The van der Waals surface area contributed by atoms with Crippen molar-refractivity contribution in [2.24, 2.45) is 5.73 Å². The monoisotopic (exact) mass is 289 g/mol. The zero-order chi connectivity index (χ0) is 14.8. The molecule has 2 rings (SSSR count). The zero-order valence-electron chi connectivity index (χ0n) is 10.5. The summed E-state index contributed by atoms with van der Waals surface area (Å²) in [6, 6.07) is 4.89. The van der Waals surface area contributed by atoms with Crippen LogP contribution in [-0.2, 0) is 9.53 Å². The molecule has 2 heterocycles. The topological polar surface area (TPSA) is 68.5 Å². The number of carbonyl (C=O) groups is 1. The summed E-state index contributed by atoms with van der Waals surface area (Å²) in [4.78, 5) is 17.0. The molecular formula is C12H14F3N3O2. The van der Waals surface area contributed by atoms with Gasteiger partial charge in [-0.15, -0.1) is 0 Å². The highest BCUT2D eigenvalue weighted by Gasteiger charge is 2.51. The van der Waals surface area contributed by atoms with Gasteiger partial charge in [-0.3, -0.25) is 4.79 Å². The number of aromatic nitrogens is 1. The first kappa shape index (κ1) is 14.6. The SMILES string of the molecule is NC(=O)C1(OC(F)C(F)F)CCCN1c1ccccn1. The van der Waals surface area contributed by atoms with E-state index in [-0.39, 0.29) is 6.42 Å². The molecule has 0 spiro atoms. The minimum Gasteiger partial charge on any atom is -0.365 e. The maximum atomic E-state index is 13.2. The highest BCUT2D eigenvalue weighted by atomic mass is 19.3. The number of pyridine rings is 1. The highest BCUT2D eigenvalue weighted by Crippen LogP contribution is 2.36. The number of alkyl halides is 3. The summed E-state index contributed by atoms with van der Waals surface area (Å²) in [5.41, 5.74) is 3.34. The van der Waals surface area contributed by atoms with Gasteiger partial charge in [0.1, 0.15) is 5.82 Å². The Balaban J connectivity index is 2.33. The Kier molecular flexibility index (Phi) is 4.12. The summed E-state index contributed by atoms with van der Waals surface area (Å²) in [6.45, 7) is 0.315. The predicted molar refractivity (Wildman–Crippen MR) is 64.7 cm³/mol. The molecule has 20 heavy (non-hydrogen) atoms. The normalized spacial score (nSPS) is 24.1. The van der Waals surface area contributed by atoms with Gasteiger partial charge >= 0.3 is 0 Å². The lowest BCUT2D eigenvalue weighted by Gasteiger charge is -2.36. The van der Waals surface area contributed by atoms with Crippen LogP contribution < -0.4 is 10.6 Å². The summed E-state index contributed by atoms with van der Waals surface area (Å²) in [5.74, 6) is -0.686. The standard InChI is InChI=1S/C12H14F3N3O2/c13-9(14)10(15)20-12(11(16)19)5-3-7-18(12)8-4-1-2-6-17-8/h1-2,4,6,9-10H,3,5,7H2,(H2,16,19). The fourth-order valence-electron chi connectivity index (χ4n) is 2.28. The maximum absolute atomic E-state index is 13.2. The third-order valence-electron chi connectivity index (χ3n) is 3.15. The molecular weight excluding hydrogens is 275 g/mol. The molecule has 1 aromatic rings. The fourth-order valence-corrected chi connectivity index (χ4v) is 2.28. The molecule has 1 aliphatic heterocycles. The molecule has 110 valence electrons. The van der Waals surface area contributed by atoms with Crippen LogP contribution in [-0.4, -0.2) is 35.9 Å². The molecule has 0 saturated carbocycles. The number of primary amides is 1. The van der Waals surface area contributed by atoms with Crippen LogP contribution in [0.5, 0.6) is 0 Å². The molecule has 2 unspecified atom stereocenters. The van der Waals surface area contributed by atoms with E-state index in [2.05, 4.69) is 9.72 Å². The Morgan fingerprint density at radius 2 is 2.20 bits per heavy atom. The van der Waals surface area contributed by atoms with Gasteiger partial charge in [-0.1, -0.05) is 6.07 Å². The minimum atomic E-state index is -3.35. The number of ether oxygens (including phenoxy) is 1. The Hall–Kier alpha value is -1.83.